The van der Waals surface area contributed by atoms with E-state index in [-0.39, 0.29) is 0 Å². The van der Waals surface area contributed by atoms with Crippen LogP contribution in [-0.4, -0.2) is 15.0 Å². The number of rotatable bonds is 2. The van der Waals surface area contributed by atoms with Crippen LogP contribution >= 0.6 is 0 Å². The third-order valence-electron chi connectivity index (χ3n) is 2.44. The molecule has 0 bridgehead atoms. The molecule has 0 unspecified atom stereocenters. The van der Waals surface area contributed by atoms with Crippen molar-refractivity contribution in [1.82, 2.24) is 15.0 Å². The van der Waals surface area contributed by atoms with Gasteiger partial charge in [-0.25, -0.2) is 4.98 Å². The molecule has 0 spiro atoms. The lowest BCUT2D eigenvalue weighted by molar-refractivity contribution is 0.619. The molecule has 0 atom stereocenters. The van der Waals surface area contributed by atoms with Gasteiger partial charge in [-0.3, -0.25) is 4.98 Å². The first-order valence-corrected chi connectivity index (χ1v) is 5.24. The van der Waals surface area contributed by atoms with Crippen LogP contribution in [0.5, 0.6) is 0 Å². The summed E-state index contributed by atoms with van der Waals surface area (Å²) in [5.74, 6) is 0.538. The Labute approximate surface area is 97.3 Å². The molecule has 0 aromatic carbocycles. The van der Waals surface area contributed by atoms with Crippen molar-refractivity contribution in [2.24, 2.45) is 5.73 Å². The van der Waals surface area contributed by atoms with E-state index in [2.05, 4.69) is 15.0 Å². The molecule has 0 aliphatic carbocycles. The van der Waals surface area contributed by atoms with Crippen LogP contribution in [0.2, 0.25) is 0 Å². The first kappa shape index (κ1) is 9.92. The monoisotopic (exact) mass is 226 g/mol. The van der Waals surface area contributed by atoms with Gasteiger partial charge >= 0.3 is 0 Å². The number of hydrogen-bond donors (Lipinski definition) is 1. The number of fused-ring (bicyclic) bond motifs is 1. The van der Waals surface area contributed by atoms with Crippen molar-refractivity contribution in [3.8, 4) is 11.5 Å². The predicted molar refractivity (Wildman–Crippen MR) is 62.9 cm³/mol. The van der Waals surface area contributed by atoms with Gasteiger partial charge in [0.2, 0.25) is 5.89 Å². The van der Waals surface area contributed by atoms with E-state index in [1.54, 1.807) is 12.4 Å². The van der Waals surface area contributed by atoms with Gasteiger partial charge in [0.05, 0.1) is 5.69 Å². The Balaban J connectivity index is 2.13. The van der Waals surface area contributed by atoms with E-state index in [1.807, 2.05) is 24.3 Å². The molecule has 5 nitrogen and oxygen atoms in total. The number of hydrogen-bond acceptors (Lipinski definition) is 5. The van der Waals surface area contributed by atoms with E-state index in [9.17, 15) is 0 Å². The van der Waals surface area contributed by atoms with Crippen molar-refractivity contribution >= 4 is 11.2 Å². The van der Waals surface area contributed by atoms with Gasteiger partial charge in [-0.2, -0.15) is 4.98 Å². The highest BCUT2D eigenvalue weighted by molar-refractivity contribution is 5.71. The van der Waals surface area contributed by atoms with Crippen LogP contribution < -0.4 is 5.73 Å². The Morgan fingerprint density at radius 2 is 2.12 bits per heavy atom. The largest absolute Gasteiger partial charge is 0.434 e. The molecule has 0 amide bonds. The third-order valence-corrected chi connectivity index (χ3v) is 2.44. The molecule has 3 rings (SSSR count). The maximum atomic E-state index is 5.61. The van der Waals surface area contributed by atoms with Gasteiger partial charge in [0.25, 0.3) is 0 Å². The molecule has 0 saturated heterocycles. The molecular weight excluding hydrogens is 216 g/mol. The summed E-state index contributed by atoms with van der Waals surface area (Å²) in [6.07, 6.45) is 3.38. The molecule has 3 aromatic heterocycles. The molecule has 0 fully saturated rings. The number of aromatic nitrogens is 3. The normalized spacial score (nSPS) is 10.9. The minimum atomic E-state index is 0.395. The maximum Gasteiger partial charge on any atom is 0.229 e. The second-order valence-electron chi connectivity index (χ2n) is 3.58. The van der Waals surface area contributed by atoms with E-state index in [4.69, 9.17) is 10.2 Å². The minimum Gasteiger partial charge on any atom is -0.434 e. The fraction of sp³-hybridized carbons (Fsp3) is 0.0833. The number of nitrogens with zero attached hydrogens (tertiary/aromatic N) is 3. The molecule has 5 heteroatoms. The summed E-state index contributed by atoms with van der Waals surface area (Å²) in [4.78, 5) is 12.6. The topological polar surface area (TPSA) is 77.8 Å². The van der Waals surface area contributed by atoms with Gasteiger partial charge in [-0.15, -0.1) is 0 Å². The molecular formula is C12H10N4O. The fourth-order valence-electron chi connectivity index (χ4n) is 1.62. The molecule has 84 valence electrons. The fourth-order valence-corrected chi connectivity index (χ4v) is 1.62. The SMILES string of the molecule is NCc1cc(-c2nc3ncccc3o2)ccn1. The van der Waals surface area contributed by atoms with Crippen LogP contribution in [-0.2, 0) is 6.54 Å². The molecule has 3 aromatic rings. The highest BCUT2D eigenvalue weighted by atomic mass is 16.3. The average Bonchev–Trinajstić information content (AvgIpc) is 2.82. The zero-order chi connectivity index (χ0) is 11.7. The Kier molecular flexibility index (Phi) is 2.31. The molecule has 3 heterocycles. The maximum absolute atomic E-state index is 5.61. The van der Waals surface area contributed by atoms with E-state index in [1.165, 1.54) is 0 Å². The smallest absolute Gasteiger partial charge is 0.229 e. The molecule has 0 saturated carbocycles. The predicted octanol–water partition coefficient (Wildman–Crippen LogP) is 1.74. The first-order chi connectivity index (χ1) is 8.36. The molecule has 0 aliphatic heterocycles. The van der Waals surface area contributed by atoms with E-state index in [0.717, 1.165) is 11.3 Å². The van der Waals surface area contributed by atoms with Gasteiger partial charge in [-0.05, 0) is 24.3 Å². The summed E-state index contributed by atoms with van der Waals surface area (Å²) in [6, 6.07) is 7.35. The second kappa shape index (κ2) is 3.95. The van der Waals surface area contributed by atoms with Gasteiger partial charge in [0.15, 0.2) is 11.2 Å². The zero-order valence-electron chi connectivity index (χ0n) is 9.00. The van der Waals surface area contributed by atoms with E-state index < -0.39 is 0 Å². The lowest BCUT2D eigenvalue weighted by Gasteiger charge is -1.97. The van der Waals surface area contributed by atoms with Crippen molar-refractivity contribution in [2.75, 3.05) is 0 Å². The van der Waals surface area contributed by atoms with Crippen LogP contribution in [0, 0.1) is 0 Å². The third kappa shape index (κ3) is 1.76. The Hall–Kier alpha value is -2.27. The van der Waals surface area contributed by atoms with Crippen LogP contribution in [0.3, 0.4) is 0 Å². The van der Waals surface area contributed by atoms with Crippen LogP contribution in [0.4, 0.5) is 0 Å². The standard InChI is InChI=1S/C12H10N4O/c13-7-9-6-8(3-5-14-9)12-16-11-10(17-12)2-1-4-15-11/h1-6H,7,13H2. The average molecular weight is 226 g/mol. The summed E-state index contributed by atoms with van der Waals surface area (Å²) >= 11 is 0. The number of pyridine rings is 2. The van der Waals surface area contributed by atoms with Crippen molar-refractivity contribution in [3.05, 3.63) is 42.4 Å². The van der Waals surface area contributed by atoms with Gasteiger partial charge in [0, 0.05) is 24.5 Å². The summed E-state index contributed by atoms with van der Waals surface area (Å²) in [5.41, 5.74) is 8.49. The van der Waals surface area contributed by atoms with Crippen molar-refractivity contribution < 1.29 is 4.42 Å². The molecule has 17 heavy (non-hydrogen) atoms. The highest BCUT2D eigenvalue weighted by Gasteiger charge is 2.08. The van der Waals surface area contributed by atoms with Crippen molar-refractivity contribution in [3.63, 3.8) is 0 Å². The highest BCUT2D eigenvalue weighted by Crippen LogP contribution is 2.22. The first-order valence-electron chi connectivity index (χ1n) is 5.24. The second-order valence-corrected chi connectivity index (χ2v) is 3.58. The summed E-state index contributed by atoms with van der Waals surface area (Å²) in [6.45, 7) is 0.395. The Bertz CT molecular complexity index is 629. The van der Waals surface area contributed by atoms with E-state index in [0.29, 0.717) is 23.7 Å². The van der Waals surface area contributed by atoms with Gasteiger partial charge in [0.1, 0.15) is 0 Å². The van der Waals surface area contributed by atoms with Crippen LogP contribution in [0.15, 0.2) is 41.1 Å². The number of oxazole rings is 1. The number of nitrogens with two attached hydrogens (primary N) is 1. The molecule has 0 radical (unpaired) electrons. The van der Waals surface area contributed by atoms with Crippen molar-refractivity contribution in [1.29, 1.82) is 0 Å². The van der Waals surface area contributed by atoms with Crippen molar-refractivity contribution in [2.45, 2.75) is 6.54 Å². The quantitative estimate of drug-likeness (QED) is 0.720. The Morgan fingerprint density at radius 3 is 2.94 bits per heavy atom. The lowest BCUT2D eigenvalue weighted by Crippen LogP contribution is -1.98. The Morgan fingerprint density at radius 1 is 1.18 bits per heavy atom. The molecule has 0 aliphatic rings. The molecule has 2 N–H and O–H groups in total. The van der Waals surface area contributed by atoms with Gasteiger partial charge in [-0.1, -0.05) is 0 Å². The van der Waals surface area contributed by atoms with Gasteiger partial charge < -0.3 is 10.2 Å². The van der Waals surface area contributed by atoms with Crippen LogP contribution in [0.1, 0.15) is 5.69 Å². The summed E-state index contributed by atoms with van der Waals surface area (Å²) in [5, 5.41) is 0. The summed E-state index contributed by atoms with van der Waals surface area (Å²) in [7, 11) is 0. The summed E-state index contributed by atoms with van der Waals surface area (Å²) < 4.78 is 5.61. The van der Waals surface area contributed by atoms with Crippen LogP contribution in [0.25, 0.3) is 22.7 Å². The van der Waals surface area contributed by atoms with E-state index >= 15 is 0 Å². The lowest BCUT2D eigenvalue weighted by atomic mass is 10.2. The zero-order valence-corrected chi connectivity index (χ0v) is 9.00. The minimum absolute atomic E-state index is 0.395.